The number of benzene rings is 1. The minimum absolute atomic E-state index is 0.108. The molecular weight excluding hydrogens is 561 g/mol. The number of thiophene rings is 1. The minimum atomic E-state index is -0.481. The van der Waals surface area contributed by atoms with E-state index in [1.165, 1.54) is 17.7 Å². The van der Waals surface area contributed by atoms with Crippen LogP contribution in [0.1, 0.15) is 60.2 Å². The molecule has 0 radical (unpaired) electrons. The number of ether oxygens (including phenoxy) is 1. The molecule has 218 valence electrons. The van der Waals surface area contributed by atoms with Gasteiger partial charge in [-0.25, -0.2) is 9.37 Å². The predicted molar refractivity (Wildman–Crippen MR) is 167 cm³/mol. The van der Waals surface area contributed by atoms with Crippen molar-refractivity contribution in [2.24, 2.45) is 0 Å². The van der Waals surface area contributed by atoms with Gasteiger partial charge < -0.3 is 14.7 Å². The van der Waals surface area contributed by atoms with Crippen molar-refractivity contribution in [1.82, 2.24) is 14.9 Å². The third kappa shape index (κ3) is 4.88. The van der Waals surface area contributed by atoms with E-state index in [4.69, 9.17) is 14.7 Å². The zero-order valence-corrected chi connectivity index (χ0v) is 25.0. The summed E-state index contributed by atoms with van der Waals surface area (Å²) in [7, 11) is 0. The highest BCUT2D eigenvalue weighted by Gasteiger charge is 2.32. The zero-order valence-electron chi connectivity index (χ0n) is 24.1. The van der Waals surface area contributed by atoms with E-state index < -0.39 is 12.0 Å². The first-order valence-corrected chi connectivity index (χ1v) is 15.6. The van der Waals surface area contributed by atoms with Gasteiger partial charge in [-0.05, 0) is 79.1 Å². The highest BCUT2D eigenvalue weighted by molar-refractivity contribution is 7.17. The fourth-order valence-corrected chi connectivity index (χ4v) is 7.48. The Morgan fingerprint density at radius 3 is 2.86 bits per heavy atom. The van der Waals surface area contributed by atoms with Crippen molar-refractivity contribution in [1.29, 1.82) is 0 Å². The van der Waals surface area contributed by atoms with Crippen LogP contribution in [0.3, 0.4) is 0 Å². The maximum absolute atomic E-state index is 14.9. The molecule has 2 aliphatic carbocycles. The number of halogens is 1. The number of fused-ring (bicyclic) bond motifs is 3. The van der Waals surface area contributed by atoms with Crippen LogP contribution in [0, 0.1) is 0 Å². The third-order valence-corrected chi connectivity index (χ3v) is 9.45. The Hall–Kier alpha value is -4.14. The van der Waals surface area contributed by atoms with Crippen molar-refractivity contribution < 1.29 is 19.0 Å². The third-order valence-electron chi connectivity index (χ3n) is 8.50. The molecular formula is C35H32FN3O3S. The Morgan fingerprint density at radius 2 is 2.05 bits per heavy atom. The molecule has 0 fully saturated rings. The van der Waals surface area contributed by atoms with Gasteiger partial charge in [-0.1, -0.05) is 18.7 Å². The fraction of sp³-hybridized carbons (Fsp3) is 0.286. The molecule has 1 amide bonds. The molecule has 2 atom stereocenters. The average molecular weight is 594 g/mol. The summed E-state index contributed by atoms with van der Waals surface area (Å²) < 4.78 is 22.0. The molecule has 3 aromatic heterocycles. The van der Waals surface area contributed by atoms with Crippen LogP contribution < -0.4 is 0 Å². The van der Waals surface area contributed by atoms with Crippen molar-refractivity contribution in [3.8, 4) is 22.5 Å². The van der Waals surface area contributed by atoms with Gasteiger partial charge in [0.05, 0.1) is 29.5 Å². The number of aryl methyl sites for hydroxylation is 1. The summed E-state index contributed by atoms with van der Waals surface area (Å²) in [6.45, 7) is 8.55. The Balaban J connectivity index is 1.45. The molecule has 3 aliphatic rings. The van der Waals surface area contributed by atoms with Crippen LogP contribution in [0.2, 0.25) is 0 Å². The molecule has 2 unspecified atom stereocenters. The van der Waals surface area contributed by atoms with Gasteiger partial charge in [-0.3, -0.25) is 9.78 Å². The maximum Gasteiger partial charge on any atom is 0.246 e. The minimum Gasteiger partial charge on any atom is -0.494 e. The van der Waals surface area contributed by atoms with E-state index in [1.54, 1.807) is 22.3 Å². The first-order chi connectivity index (χ1) is 20.8. The zero-order chi connectivity index (χ0) is 29.8. The summed E-state index contributed by atoms with van der Waals surface area (Å²) in [5.41, 5.74) is 8.12. The summed E-state index contributed by atoms with van der Waals surface area (Å²) >= 11 is 1.59. The molecule has 1 N–H and O–H groups in total. The topological polar surface area (TPSA) is 75.6 Å². The number of aliphatic hydroxyl groups excluding tert-OH is 1. The van der Waals surface area contributed by atoms with Crippen molar-refractivity contribution in [2.45, 2.75) is 57.8 Å². The second-order valence-corrected chi connectivity index (χ2v) is 12.6. The van der Waals surface area contributed by atoms with Crippen LogP contribution in [0.15, 0.2) is 78.3 Å². The molecule has 1 aliphatic heterocycles. The normalized spacial score (nSPS) is 19.3. The van der Waals surface area contributed by atoms with E-state index in [1.807, 2.05) is 25.4 Å². The van der Waals surface area contributed by atoms with Crippen LogP contribution in [0.4, 0.5) is 4.39 Å². The van der Waals surface area contributed by atoms with Crippen molar-refractivity contribution in [3.63, 3.8) is 0 Å². The molecule has 43 heavy (non-hydrogen) atoms. The standard InChI is InChI=1S/C35H32FN3O3S/c1-4-31(41)39-11-9-28-23(18-39)13-22(17-37-28)34-32(27-15-24(36)16-30(27)42-19(2)3)35-25(10-12-43-35)33(38-34)21-6-5-20-7-8-29(40)26(20)14-21/h4-6,10,12-17,19,27,29,40H,1,7-9,11,18H2,2-3H3. The maximum atomic E-state index is 14.9. The number of hydrogen-bond donors (Lipinski definition) is 1. The van der Waals surface area contributed by atoms with E-state index in [0.717, 1.165) is 62.1 Å². The number of nitrogens with zero attached hydrogens (tertiary/aromatic N) is 3. The fourth-order valence-electron chi connectivity index (χ4n) is 6.49. The summed E-state index contributed by atoms with van der Waals surface area (Å²) in [4.78, 5) is 24.3. The lowest BCUT2D eigenvalue weighted by Gasteiger charge is -2.28. The Labute approximate surface area is 253 Å². The van der Waals surface area contributed by atoms with Crippen LogP contribution in [0.25, 0.3) is 32.6 Å². The lowest BCUT2D eigenvalue weighted by molar-refractivity contribution is -0.126. The quantitative estimate of drug-likeness (QED) is 0.237. The smallest absolute Gasteiger partial charge is 0.246 e. The van der Waals surface area contributed by atoms with Gasteiger partial charge in [0.1, 0.15) is 11.6 Å². The Kier molecular flexibility index (Phi) is 6.98. The van der Waals surface area contributed by atoms with E-state index in [-0.39, 0.29) is 17.8 Å². The number of carbonyl (C=O) groups is 1. The van der Waals surface area contributed by atoms with Crippen molar-refractivity contribution >= 4 is 27.3 Å². The SMILES string of the molecule is C=CC(=O)N1CCc2ncc(-c3nc(-c4ccc5c(c4)C(O)CC5)c4ccsc4c3C3C=C(F)C=C3OC(C)C)cc2C1. The van der Waals surface area contributed by atoms with Gasteiger partial charge >= 0.3 is 0 Å². The number of rotatable bonds is 6. The number of allylic oxidation sites excluding steroid dienone is 3. The van der Waals surface area contributed by atoms with Gasteiger partial charge in [0.15, 0.2) is 0 Å². The monoisotopic (exact) mass is 593 g/mol. The van der Waals surface area contributed by atoms with Crippen LogP contribution in [-0.4, -0.2) is 38.5 Å². The molecule has 0 spiro atoms. The Bertz CT molecular complexity index is 1860. The highest BCUT2D eigenvalue weighted by Crippen LogP contribution is 2.47. The average Bonchev–Trinajstić information content (AvgIpc) is 3.73. The number of carbonyl (C=O) groups excluding carboxylic acids is 1. The second-order valence-electron chi connectivity index (χ2n) is 11.6. The van der Waals surface area contributed by atoms with E-state index >= 15 is 0 Å². The van der Waals surface area contributed by atoms with Crippen molar-refractivity contribution in [2.75, 3.05) is 6.54 Å². The van der Waals surface area contributed by atoms with Gasteiger partial charge in [0.25, 0.3) is 0 Å². The summed E-state index contributed by atoms with van der Waals surface area (Å²) in [6.07, 6.45) is 7.88. The molecule has 0 saturated carbocycles. The number of hydrogen-bond acceptors (Lipinski definition) is 6. The summed E-state index contributed by atoms with van der Waals surface area (Å²) in [5, 5.41) is 13.6. The van der Waals surface area contributed by atoms with Gasteiger partial charge in [0.2, 0.25) is 5.91 Å². The molecule has 0 saturated heterocycles. The van der Waals surface area contributed by atoms with Crippen molar-refractivity contribution in [3.05, 3.63) is 106 Å². The molecule has 8 heteroatoms. The number of aromatic nitrogens is 2. The first kappa shape index (κ1) is 27.7. The van der Waals surface area contributed by atoms with Gasteiger partial charge in [0, 0.05) is 64.3 Å². The number of amides is 1. The predicted octanol–water partition coefficient (Wildman–Crippen LogP) is 7.34. The molecule has 0 bridgehead atoms. The molecule has 4 heterocycles. The van der Waals surface area contributed by atoms with E-state index in [2.05, 4.69) is 36.9 Å². The highest BCUT2D eigenvalue weighted by atomic mass is 32.1. The van der Waals surface area contributed by atoms with Gasteiger partial charge in [-0.2, -0.15) is 0 Å². The second kappa shape index (κ2) is 10.8. The number of pyridine rings is 2. The largest absolute Gasteiger partial charge is 0.494 e. The van der Waals surface area contributed by atoms with E-state index in [0.29, 0.717) is 31.0 Å². The van der Waals surface area contributed by atoms with E-state index in [9.17, 15) is 14.3 Å². The molecule has 1 aromatic carbocycles. The lowest BCUT2D eigenvalue weighted by Crippen LogP contribution is -2.35. The molecule has 7 rings (SSSR count). The summed E-state index contributed by atoms with van der Waals surface area (Å²) in [6, 6.07) is 10.3. The van der Waals surface area contributed by atoms with Crippen LogP contribution in [-0.2, 0) is 28.9 Å². The molecule has 4 aromatic rings. The Morgan fingerprint density at radius 1 is 1.19 bits per heavy atom. The first-order valence-electron chi connectivity index (χ1n) is 14.7. The van der Waals surface area contributed by atoms with Gasteiger partial charge in [-0.15, -0.1) is 11.3 Å². The molecule has 6 nitrogen and oxygen atoms in total. The number of aliphatic hydroxyl groups is 1. The van der Waals surface area contributed by atoms with Crippen LogP contribution >= 0.6 is 11.3 Å². The van der Waals surface area contributed by atoms with Crippen LogP contribution in [0.5, 0.6) is 0 Å². The summed E-state index contributed by atoms with van der Waals surface area (Å²) in [5.74, 6) is -0.359. The lowest BCUT2D eigenvalue weighted by atomic mass is 9.90.